The molecule has 2 aliphatic rings. The van der Waals surface area contributed by atoms with E-state index < -0.39 is 0 Å². The van der Waals surface area contributed by atoms with Crippen LogP contribution in [-0.2, 0) is 0 Å². The number of hydrogen-bond acceptors (Lipinski definition) is 4. The average Bonchev–Trinajstić information content (AvgIpc) is 3.25. The Bertz CT molecular complexity index is 3030. The van der Waals surface area contributed by atoms with Crippen LogP contribution in [-0.4, -0.2) is 9.97 Å². The quantitative estimate of drug-likeness (QED) is 0.171. The molecule has 4 nitrogen and oxygen atoms in total. The highest BCUT2D eigenvalue weighted by atomic mass is 14.9. The van der Waals surface area contributed by atoms with Crippen molar-refractivity contribution in [1.29, 1.82) is 10.5 Å². The van der Waals surface area contributed by atoms with Crippen LogP contribution in [0.25, 0.3) is 82.8 Å². The smallest absolute Gasteiger partial charge is 0.133 e. The minimum absolute atomic E-state index is 0.0861. The maximum absolute atomic E-state index is 9.70. The van der Waals surface area contributed by atoms with E-state index in [4.69, 9.17) is 9.97 Å². The van der Waals surface area contributed by atoms with Crippen LogP contribution in [0.2, 0.25) is 0 Å². The molecule has 0 saturated heterocycles. The van der Waals surface area contributed by atoms with Crippen LogP contribution in [0, 0.1) is 22.7 Å². The SMILES string of the molecule is CC1CC=Cc2c1c(-c1cc(-c3cc4ccccc4c4ccccc34)cc3c(-c4ccc(C#N)cc4)nc(C4CC=C(C#N)CC4)nc13)cc1ccccc21. The summed E-state index contributed by atoms with van der Waals surface area (Å²) in [5.41, 5.74) is 11.4. The second-order valence-corrected chi connectivity index (χ2v) is 15.1. The maximum Gasteiger partial charge on any atom is 0.133 e. The Hall–Kier alpha value is -6.88. The maximum atomic E-state index is 9.70. The number of benzene rings is 7. The first kappa shape index (κ1) is 32.7. The van der Waals surface area contributed by atoms with E-state index in [1.807, 2.05) is 24.3 Å². The lowest BCUT2D eigenvalue weighted by atomic mass is 9.79. The summed E-state index contributed by atoms with van der Waals surface area (Å²) >= 11 is 0. The zero-order valence-electron chi connectivity index (χ0n) is 30.6. The van der Waals surface area contributed by atoms with Crippen LogP contribution >= 0.6 is 0 Å². The first-order valence-electron chi connectivity index (χ1n) is 19.2. The molecule has 0 fully saturated rings. The second-order valence-electron chi connectivity index (χ2n) is 15.1. The van der Waals surface area contributed by atoms with Gasteiger partial charge in [-0.25, -0.2) is 9.97 Å². The molecule has 0 saturated carbocycles. The summed E-state index contributed by atoms with van der Waals surface area (Å²) in [5.74, 6) is 1.20. The van der Waals surface area contributed by atoms with Gasteiger partial charge in [0.25, 0.3) is 0 Å². The molecule has 10 rings (SSSR count). The molecule has 260 valence electrons. The predicted octanol–water partition coefficient (Wildman–Crippen LogP) is 13.2. The Morgan fingerprint density at radius 2 is 1.33 bits per heavy atom. The summed E-state index contributed by atoms with van der Waals surface area (Å²) in [7, 11) is 0. The van der Waals surface area contributed by atoms with Crippen LogP contribution in [0.4, 0.5) is 0 Å². The lowest BCUT2D eigenvalue weighted by Gasteiger charge is -2.26. The summed E-state index contributed by atoms with van der Waals surface area (Å²) in [6.07, 6.45) is 9.93. The largest absolute Gasteiger partial charge is 0.232 e. The summed E-state index contributed by atoms with van der Waals surface area (Å²) in [5, 5.41) is 27.6. The number of fused-ring (bicyclic) bond motifs is 7. The number of allylic oxidation sites excluding steroid dienone is 3. The summed E-state index contributed by atoms with van der Waals surface area (Å²) in [6.45, 7) is 2.34. The van der Waals surface area contributed by atoms with E-state index in [0.717, 1.165) is 75.9 Å². The van der Waals surface area contributed by atoms with E-state index in [1.54, 1.807) is 0 Å². The molecule has 8 aromatic rings. The average molecular weight is 705 g/mol. The molecule has 0 bridgehead atoms. The van der Waals surface area contributed by atoms with E-state index in [2.05, 4.69) is 134 Å². The highest BCUT2D eigenvalue weighted by molar-refractivity contribution is 6.15. The molecule has 7 aromatic carbocycles. The highest BCUT2D eigenvalue weighted by Gasteiger charge is 2.27. The number of hydrogen-bond donors (Lipinski definition) is 0. The number of rotatable bonds is 4. The van der Waals surface area contributed by atoms with Gasteiger partial charge in [-0.2, -0.15) is 10.5 Å². The van der Waals surface area contributed by atoms with E-state index in [1.165, 1.54) is 49.0 Å². The van der Waals surface area contributed by atoms with Crippen molar-refractivity contribution in [2.24, 2.45) is 0 Å². The second kappa shape index (κ2) is 13.2. The fraction of sp³-hybridized carbons (Fsp3) is 0.137. The van der Waals surface area contributed by atoms with Crippen molar-refractivity contribution in [3.8, 4) is 45.6 Å². The minimum atomic E-state index is 0.0861. The van der Waals surface area contributed by atoms with E-state index >= 15 is 0 Å². The van der Waals surface area contributed by atoms with Gasteiger partial charge < -0.3 is 0 Å². The van der Waals surface area contributed by atoms with E-state index in [9.17, 15) is 10.5 Å². The Balaban J connectivity index is 1.35. The van der Waals surface area contributed by atoms with E-state index in [0.29, 0.717) is 11.5 Å². The molecular formula is C51H36N4. The van der Waals surface area contributed by atoms with Gasteiger partial charge in [0.15, 0.2) is 0 Å². The van der Waals surface area contributed by atoms with Crippen molar-refractivity contribution in [2.45, 2.75) is 44.4 Å². The lowest BCUT2D eigenvalue weighted by Crippen LogP contribution is -2.10. The third kappa shape index (κ3) is 5.50. The van der Waals surface area contributed by atoms with Crippen molar-refractivity contribution >= 4 is 49.3 Å². The molecule has 2 unspecified atom stereocenters. The molecule has 1 heterocycles. The number of aromatic nitrogens is 2. The molecule has 55 heavy (non-hydrogen) atoms. The Labute approximate surface area is 320 Å². The molecule has 0 aliphatic heterocycles. The predicted molar refractivity (Wildman–Crippen MR) is 225 cm³/mol. The van der Waals surface area contributed by atoms with Crippen LogP contribution in [0.15, 0.2) is 139 Å². The Morgan fingerprint density at radius 3 is 2.07 bits per heavy atom. The zero-order chi connectivity index (χ0) is 37.0. The molecule has 2 atom stereocenters. The first-order chi connectivity index (χ1) is 27.1. The molecule has 0 amide bonds. The zero-order valence-corrected chi connectivity index (χ0v) is 30.6. The third-order valence-electron chi connectivity index (χ3n) is 11.8. The van der Waals surface area contributed by atoms with Gasteiger partial charge in [-0.15, -0.1) is 0 Å². The fourth-order valence-electron chi connectivity index (χ4n) is 9.01. The van der Waals surface area contributed by atoms with Crippen LogP contribution in [0.3, 0.4) is 0 Å². The summed E-state index contributed by atoms with van der Waals surface area (Å²) < 4.78 is 0. The van der Waals surface area contributed by atoms with Crippen LogP contribution in [0.1, 0.15) is 67.0 Å². The summed E-state index contributed by atoms with van der Waals surface area (Å²) in [4.78, 5) is 11.0. The van der Waals surface area contributed by atoms with Gasteiger partial charge in [-0.05, 0) is 128 Å². The first-order valence-corrected chi connectivity index (χ1v) is 19.2. The van der Waals surface area contributed by atoms with Gasteiger partial charge in [0.05, 0.1) is 28.9 Å². The monoisotopic (exact) mass is 704 g/mol. The Kier molecular flexibility index (Phi) is 7.86. The van der Waals surface area contributed by atoms with Gasteiger partial charge in [0.1, 0.15) is 5.82 Å². The van der Waals surface area contributed by atoms with Crippen molar-refractivity contribution in [3.63, 3.8) is 0 Å². The fourth-order valence-corrected chi connectivity index (χ4v) is 9.01. The molecule has 0 radical (unpaired) electrons. The molecule has 1 aromatic heterocycles. The topological polar surface area (TPSA) is 73.4 Å². The van der Waals surface area contributed by atoms with Crippen molar-refractivity contribution in [1.82, 2.24) is 9.97 Å². The van der Waals surface area contributed by atoms with Gasteiger partial charge in [-0.1, -0.05) is 110 Å². The van der Waals surface area contributed by atoms with Crippen LogP contribution < -0.4 is 0 Å². The standard InChI is InChI=1S/C51H36N4/c1-31-9-8-16-43-40-13-5-3-11-37(40)26-45(48(31)43)46-27-38(44-25-36-10-2-4-12-39(36)41-14-6-7-15-42(41)44)28-47-49(34-21-17-32(29-52)18-22-34)54-51(55-50(46)47)35-23-19-33(30-53)20-24-35/h2-8,10-19,21-22,25-28,31,35H,9,20,23-24H2,1H3. The van der Waals surface area contributed by atoms with Gasteiger partial charge in [0.2, 0.25) is 0 Å². The highest BCUT2D eigenvalue weighted by Crippen LogP contribution is 2.47. The number of nitriles is 2. The molecule has 4 heteroatoms. The lowest BCUT2D eigenvalue weighted by molar-refractivity contribution is 0.577. The third-order valence-corrected chi connectivity index (χ3v) is 11.8. The van der Waals surface area contributed by atoms with Crippen LogP contribution in [0.5, 0.6) is 0 Å². The van der Waals surface area contributed by atoms with Crippen molar-refractivity contribution in [2.75, 3.05) is 0 Å². The molecule has 2 aliphatic carbocycles. The Morgan fingerprint density at radius 1 is 0.618 bits per heavy atom. The van der Waals surface area contributed by atoms with E-state index in [-0.39, 0.29) is 5.92 Å². The molecule has 0 spiro atoms. The summed E-state index contributed by atoms with van der Waals surface area (Å²) in [6, 6.07) is 47.9. The van der Waals surface area contributed by atoms with Gasteiger partial charge >= 0.3 is 0 Å². The normalized spacial score (nSPS) is 16.5. The van der Waals surface area contributed by atoms with Gasteiger partial charge in [-0.3, -0.25) is 0 Å². The number of nitrogens with zero attached hydrogens (tertiary/aromatic N) is 4. The van der Waals surface area contributed by atoms with Crippen molar-refractivity contribution in [3.05, 3.63) is 162 Å². The molecular weight excluding hydrogens is 669 g/mol. The molecule has 0 N–H and O–H groups in total. The van der Waals surface area contributed by atoms with Gasteiger partial charge in [0, 0.05) is 28.0 Å². The minimum Gasteiger partial charge on any atom is -0.232 e. The van der Waals surface area contributed by atoms with Crippen molar-refractivity contribution < 1.29 is 0 Å².